The van der Waals surface area contributed by atoms with Crippen LogP contribution in [0.5, 0.6) is 5.75 Å². The predicted molar refractivity (Wildman–Crippen MR) is 152 cm³/mol. The fourth-order valence-electron chi connectivity index (χ4n) is 4.44. The molecule has 2 atom stereocenters. The van der Waals surface area contributed by atoms with E-state index in [1.165, 1.54) is 6.07 Å². The van der Waals surface area contributed by atoms with Gasteiger partial charge in [0.25, 0.3) is 0 Å². The molecule has 0 aliphatic carbocycles. The minimum atomic E-state index is -0.439. The molecule has 5 rings (SSSR count). The summed E-state index contributed by atoms with van der Waals surface area (Å²) in [6, 6.07) is 18.7. The molecule has 0 spiro atoms. The van der Waals surface area contributed by atoms with Gasteiger partial charge in [-0.15, -0.1) is 0 Å². The van der Waals surface area contributed by atoms with Gasteiger partial charge in [0.1, 0.15) is 29.1 Å². The van der Waals surface area contributed by atoms with Crippen LogP contribution in [-0.4, -0.2) is 23.1 Å². The number of aromatic nitrogens is 1. The highest BCUT2D eigenvalue weighted by molar-refractivity contribution is 9.10. The normalized spacial score (nSPS) is 16.8. The molecule has 38 heavy (non-hydrogen) atoms. The summed E-state index contributed by atoms with van der Waals surface area (Å²) in [4.78, 5) is 18.5. The topological polar surface area (TPSA) is 79.6 Å². The first-order valence-electron chi connectivity index (χ1n) is 11.9. The van der Waals surface area contributed by atoms with Crippen molar-refractivity contribution in [3.05, 3.63) is 94.7 Å². The lowest BCUT2D eigenvalue weighted by Gasteiger charge is -2.27. The lowest BCUT2D eigenvalue weighted by atomic mass is 10.0. The van der Waals surface area contributed by atoms with Gasteiger partial charge in [-0.05, 0) is 66.8 Å². The summed E-state index contributed by atoms with van der Waals surface area (Å²) in [7, 11) is 1.54. The molecule has 1 saturated heterocycles. The second kappa shape index (κ2) is 10.9. The van der Waals surface area contributed by atoms with E-state index >= 15 is 0 Å². The lowest BCUT2D eigenvalue weighted by Crippen LogP contribution is -2.29. The number of rotatable bonds is 7. The number of nitrogens with one attached hydrogen (secondary N) is 2. The molecular weight excluding hydrogens is 571 g/mol. The zero-order chi connectivity index (χ0) is 26.8. The summed E-state index contributed by atoms with van der Waals surface area (Å²) >= 11 is 9.08. The number of hydrogen-bond donors (Lipinski definition) is 2. The Labute approximate surface area is 233 Å². The van der Waals surface area contributed by atoms with E-state index in [1.54, 1.807) is 44.5 Å². The molecule has 2 aromatic carbocycles. The van der Waals surface area contributed by atoms with Gasteiger partial charge in [-0.2, -0.15) is 0 Å². The summed E-state index contributed by atoms with van der Waals surface area (Å²) in [6.07, 6.45) is 2.07. The Bertz CT molecular complexity index is 1500. The number of furan rings is 1. The third kappa shape index (κ3) is 5.01. The van der Waals surface area contributed by atoms with E-state index in [1.807, 2.05) is 41.3 Å². The van der Waals surface area contributed by atoms with Crippen molar-refractivity contribution in [3.63, 3.8) is 0 Å². The molecule has 0 radical (unpaired) electrons. The summed E-state index contributed by atoms with van der Waals surface area (Å²) in [6.45, 7) is 1.78. The van der Waals surface area contributed by atoms with Gasteiger partial charge >= 0.3 is 0 Å². The molecule has 7 nitrogen and oxygen atoms in total. The van der Waals surface area contributed by atoms with E-state index in [0.29, 0.717) is 44.5 Å². The Kier molecular flexibility index (Phi) is 7.44. The smallest absolute Gasteiger partial charge is 0.224 e. The molecule has 194 valence electrons. The molecule has 2 N–H and O–H groups in total. The third-order valence-corrected chi connectivity index (χ3v) is 7.08. The van der Waals surface area contributed by atoms with Crippen molar-refractivity contribution in [2.45, 2.75) is 25.4 Å². The molecule has 1 aliphatic heterocycles. The second-order valence-electron chi connectivity index (χ2n) is 8.61. The number of thiocarbonyl (C=S) groups is 1. The highest BCUT2D eigenvalue weighted by atomic mass is 79.9. The number of nitrogens with zero attached hydrogens (tertiary/aromatic N) is 2. The Morgan fingerprint density at radius 1 is 1.21 bits per heavy atom. The molecule has 2 aromatic heterocycles. The fourth-order valence-corrected chi connectivity index (χ4v) is 5.12. The monoisotopic (exact) mass is 594 g/mol. The largest absolute Gasteiger partial charge is 0.494 e. The zero-order valence-corrected chi connectivity index (χ0v) is 23.0. The Balaban J connectivity index is 1.58. The molecule has 1 fully saturated rings. The first kappa shape index (κ1) is 25.9. The minimum absolute atomic E-state index is 0.120. The fraction of sp³-hybridized carbons (Fsp3) is 0.179. The van der Waals surface area contributed by atoms with Crippen LogP contribution in [0.2, 0.25) is 0 Å². The van der Waals surface area contributed by atoms with E-state index < -0.39 is 11.9 Å². The van der Waals surface area contributed by atoms with E-state index in [2.05, 4.69) is 31.5 Å². The number of carbonyl (C=O) groups excluding carboxylic acids is 1. The molecule has 10 heteroatoms. The molecule has 1 aliphatic rings. The lowest BCUT2D eigenvalue weighted by molar-refractivity contribution is -0.115. The van der Waals surface area contributed by atoms with Crippen molar-refractivity contribution in [2.24, 2.45) is 0 Å². The van der Waals surface area contributed by atoms with Gasteiger partial charge in [-0.3, -0.25) is 9.78 Å². The maximum absolute atomic E-state index is 14.7. The Morgan fingerprint density at radius 2 is 2.05 bits per heavy atom. The highest BCUT2D eigenvalue weighted by Crippen LogP contribution is 2.44. The Hall–Kier alpha value is -3.76. The molecule has 3 heterocycles. The van der Waals surface area contributed by atoms with Gasteiger partial charge in [0.15, 0.2) is 5.11 Å². The average Bonchev–Trinajstić information content (AvgIpc) is 3.54. The van der Waals surface area contributed by atoms with E-state index in [-0.39, 0.29) is 11.9 Å². The van der Waals surface area contributed by atoms with Gasteiger partial charge in [0.2, 0.25) is 5.91 Å². The van der Waals surface area contributed by atoms with Crippen LogP contribution in [0.1, 0.15) is 36.9 Å². The van der Waals surface area contributed by atoms with Crippen molar-refractivity contribution >= 4 is 50.5 Å². The number of carbonyl (C=O) groups is 1. The number of anilines is 2. The molecular formula is C28H24BrFN4O3S. The molecule has 0 bridgehead atoms. The standard InChI is InChI=1S/C28H24BrFN4O3S/c1-3-25(35)32-20-10-8-17(15-24(20)36-2)34-27(26(33-28(34)38)21-6-4-5-13-31-21)23-12-11-22(37-23)18-9-7-16(29)14-19(18)30/h4-15,26-27H,3H2,1-2H3,(H,32,35)(H,33,38). The SMILES string of the molecule is CCC(=O)Nc1ccc(N2C(=S)NC(c3ccccn3)C2c2ccc(-c3ccc(Br)cc3F)o2)cc1OC. The van der Waals surface area contributed by atoms with Crippen LogP contribution in [0.25, 0.3) is 11.3 Å². The summed E-state index contributed by atoms with van der Waals surface area (Å²) in [5.74, 6) is 0.952. The maximum atomic E-state index is 14.7. The number of hydrogen-bond acceptors (Lipinski definition) is 5. The molecule has 1 amide bonds. The van der Waals surface area contributed by atoms with Crippen LogP contribution >= 0.6 is 28.1 Å². The van der Waals surface area contributed by atoms with Crippen molar-refractivity contribution in [3.8, 4) is 17.1 Å². The van der Waals surface area contributed by atoms with Crippen molar-refractivity contribution in [2.75, 3.05) is 17.3 Å². The molecule has 0 saturated carbocycles. The predicted octanol–water partition coefficient (Wildman–Crippen LogP) is 6.78. The van der Waals surface area contributed by atoms with E-state index in [0.717, 1.165) is 11.4 Å². The number of pyridine rings is 1. The van der Waals surface area contributed by atoms with Crippen LogP contribution in [0.3, 0.4) is 0 Å². The van der Waals surface area contributed by atoms with Gasteiger partial charge in [-0.1, -0.05) is 28.9 Å². The van der Waals surface area contributed by atoms with E-state index in [4.69, 9.17) is 21.4 Å². The van der Waals surface area contributed by atoms with Gasteiger partial charge in [0, 0.05) is 28.8 Å². The van der Waals surface area contributed by atoms with Crippen LogP contribution in [0.4, 0.5) is 15.8 Å². The maximum Gasteiger partial charge on any atom is 0.224 e. The van der Waals surface area contributed by atoms with Crippen molar-refractivity contribution in [1.82, 2.24) is 10.3 Å². The summed E-state index contributed by atoms with van der Waals surface area (Å²) in [5.41, 5.74) is 2.41. The zero-order valence-electron chi connectivity index (χ0n) is 20.6. The van der Waals surface area contributed by atoms with Gasteiger partial charge in [0.05, 0.1) is 30.1 Å². The number of amides is 1. The summed E-state index contributed by atoms with van der Waals surface area (Å²) < 4.78 is 27.2. The van der Waals surface area contributed by atoms with Crippen LogP contribution < -0.4 is 20.3 Å². The third-order valence-electron chi connectivity index (χ3n) is 6.27. The van der Waals surface area contributed by atoms with Crippen LogP contribution in [-0.2, 0) is 4.79 Å². The van der Waals surface area contributed by atoms with Crippen molar-refractivity contribution in [1.29, 1.82) is 0 Å². The van der Waals surface area contributed by atoms with Crippen molar-refractivity contribution < 1.29 is 18.3 Å². The van der Waals surface area contributed by atoms with Gasteiger partial charge in [-0.25, -0.2) is 4.39 Å². The quantitative estimate of drug-likeness (QED) is 0.228. The van der Waals surface area contributed by atoms with Crippen LogP contribution in [0.15, 0.2) is 81.8 Å². The number of benzene rings is 2. The Morgan fingerprint density at radius 3 is 2.76 bits per heavy atom. The average molecular weight is 595 g/mol. The molecule has 4 aromatic rings. The first-order valence-corrected chi connectivity index (χ1v) is 13.1. The first-order chi connectivity index (χ1) is 18.4. The van der Waals surface area contributed by atoms with Crippen LogP contribution in [0, 0.1) is 5.82 Å². The number of ether oxygens (including phenoxy) is 1. The number of halogens is 2. The van der Waals surface area contributed by atoms with Gasteiger partial charge < -0.3 is 24.7 Å². The summed E-state index contributed by atoms with van der Waals surface area (Å²) in [5, 5.41) is 6.69. The highest BCUT2D eigenvalue weighted by Gasteiger charge is 2.43. The second-order valence-corrected chi connectivity index (χ2v) is 9.91. The minimum Gasteiger partial charge on any atom is -0.494 e. The number of methoxy groups -OCH3 is 1. The molecule has 2 unspecified atom stereocenters. The van der Waals surface area contributed by atoms with E-state index in [9.17, 15) is 9.18 Å².